The first kappa shape index (κ1) is 23.6. The summed E-state index contributed by atoms with van der Waals surface area (Å²) in [5, 5.41) is 5.37. The average molecular weight is 547 g/mol. The molecule has 0 saturated heterocycles. The van der Waals surface area contributed by atoms with E-state index >= 15 is 0 Å². The Morgan fingerprint density at radius 1 is 0.400 bits per heavy atom. The molecule has 40 heavy (non-hydrogen) atoms. The second kappa shape index (κ2) is 9.16. The highest BCUT2D eigenvalue weighted by Crippen LogP contribution is 2.43. The summed E-state index contributed by atoms with van der Waals surface area (Å²) in [5.41, 5.74) is 10.4. The number of fused-ring (bicyclic) bond motifs is 6. The maximum atomic E-state index is 2.41. The molecule has 8 rings (SSSR count). The number of benzene rings is 6. The largest absolute Gasteiger partial charge is 0.135 e. The van der Waals surface area contributed by atoms with Gasteiger partial charge in [0.2, 0.25) is 0 Å². The minimum Gasteiger partial charge on any atom is -0.135 e. The fourth-order valence-corrected chi connectivity index (χ4v) is 8.51. The highest BCUT2D eigenvalue weighted by molar-refractivity contribution is 7.26. The number of aryl methyl sites for hydroxylation is 1. The SMILES string of the molecule is Cc1ccccc1-c1cccc(-c2ccc3sc4ccc(-c5cccc6c5sc5ccccc56)cc4c3c2)c1C. The van der Waals surface area contributed by atoms with E-state index in [2.05, 4.69) is 135 Å². The summed E-state index contributed by atoms with van der Waals surface area (Å²) < 4.78 is 5.39. The van der Waals surface area contributed by atoms with Crippen LogP contribution in [-0.2, 0) is 0 Å². The van der Waals surface area contributed by atoms with Gasteiger partial charge in [0.25, 0.3) is 0 Å². The monoisotopic (exact) mass is 546 g/mol. The summed E-state index contributed by atoms with van der Waals surface area (Å²) in [6, 6.07) is 44.9. The lowest BCUT2D eigenvalue weighted by atomic mass is 9.90. The topological polar surface area (TPSA) is 0 Å². The first-order valence-corrected chi connectivity index (χ1v) is 15.3. The molecule has 0 aliphatic rings. The molecule has 0 N–H and O–H groups in total. The van der Waals surface area contributed by atoms with E-state index in [0.29, 0.717) is 0 Å². The van der Waals surface area contributed by atoms with Crippen LogP contribution in [0.2, 0.25) is 0 Å². The van der Waals surface area contributed by atoms with Gasteiger partial charge < -0.3 is 0 Å². The molecule has 0 bridgehead atoms. The first-order chi connectivity index (χ1) is 19.7. The Hall–Kier alpha value is -4.24. The van der Waals surface area contributed by atoms with Crippen LogP contribution in [0.3, 0.4) is 0 Å². The second-order valence-electron chi connectivity index (χ2n) is 10.6. The van der Waals surface area contributed by atoms with Crippen molar-refractivity contribution >= 4 is 63.0 Å². The molecule has 0 amide bonds. The van der Waals surface area contributed by atoms with Gasteiger partial charge in [-0.1, -0.05) is 91.0 Å². The van der Waals surface area contributed by atoms with Gasteiger partial charge in [-0.15, -0.1) is 22.7 Å². The van der Waals surface area contributed by atoms with Crippen LogP contribution < -0.4 is 0 Å². The van der Waals surface area contributed by atoms with Crippen molar-refractivity contribution in [2.24, 2.45) is 0 Å². The fourth-order valence-electron chi connectivity index (χ4n) is 6.20. The Kier molecular flexibility index (Phi) is 5.41. The number of hydrogen-bond donors (Lipinski definition) is 0. The van der Waals surface area contributed by atoms with Crippen LogP contribution in [0.5, 0.6) is 0 Å². The normalized spacial score (nSPS) is 11.8. The van der Waals surface area contributed by atoms with Crippen molar-refractivity contribution < 1.29 is 0 Å². The molecule has 8 aromatic rings. The molecule has 0 radical (unpaired) electrons. The van der Waals surface area contributed by atoms with E-state index in [0.717, 1.165) is 0 Å². The Morgan fingerprint density at radius 3 is 1.77 bits per heavy atom. The summed E-state index contributed by atoms with van der Waals surface area (Å²) in [4.78, 5) is 0. The molecule has 0 nitrogen and oxygen atoms in total. The first-order valence-electron chi connectivity index (χ1n) is 13.7. The van der Waals surface area contributed by atoms with E-state index in [-0.39, 0.29) is 0 Å². The molecule has 0 aliphatic heterocycles. The van der Waals surface area contributed by atoms with E-state index in [9.17, 15) is 0 Å². The zero-order valence-electron chi connectivity index (χ0n) is 22.4. The molecule has 2 aromatic heterocycles. The molecule has 2 heterocycles. The van der Waals surface area contributed by atoms with E-state index < -0.39 is 0 Å². The van der Waals surface area contributed by atoms with Crippen LogP contribution in [0.25, 0.3) is 73.7 Å². The summed E-state index contributed by atoms with van der Waals surface area (Å²) >= 11 is 3.78. The lowest BCUT2D eigenvalue weighted by Crippen LogP contribution is -1.90. The van der Waals surface area contributed by atoms with Crippen molar-refractivity contribution in [3.05, 3.63) is 132 Å². The lowest BCUT2D eigenvalue weighted by Gasteiger charge is -2.14. The molecular weight excluding hydrogens is 521 g/mol. The highest BCUT2D eigenvalue weighted by Gasteiger charge is 2.14. The molecular formula is C38H26S2. The van der Waals surface area contributed by atoms with Crippen molar-refractivity contribution in [3.63, 3.8) is 0 Å². The molecule has 0 fully saturated rings. The van der Waals surface area contributed by atoms with Crippen LogP contribution in [-0.4, -0.2) is 0 Å². The van der Waals surface area contributed by atoms with Crippen LogP contribution >= 0.6 is 22.7 Å². The van der Waals surface area contributed by atoms with Gasteiger partial charge in [-0.05, 0) is 88.7 Å². The molecule has 0 saturated carbocycles. The summed E-state index contributed by atoms with van der Waals surface area (Å²) in [6.07, 6.45) is 0. The summed E-state index contributed by atoms with van der Waals surface area (Å²) in [6.45, 7) is 4.46. The predicted octanol–water partition coefficient (Wildman–Crippen LogP) is 12.0. The van der Waals surface area contributed by atoms with Crippen molar-refractivity contribution in [3.8, 4) is 33.4 Å². The smallest absolute Gasteiger partial charge is 0.0433 e. The second-order valence-corrected chi connectivity index (χ2v) is 12.7. The Labute approximate surface area is 241 Å². The Morgan fingerprint density at radius 2 is 0.975 bits per heavy atom. The van der Waals surface area contributed by atoms with Crippen LogP contribution in [0, 0.1) is 13.8 Å². The number of thiophene rings is 2. The average Bonchev–Trinajstić information content (AvgIpc) is 3.55. The molecule has 0 aliphatic carbocycles. The van der Waals surface area contributed by atoms with Crippen LogP contribution in [0.15, 0.2) is 121 Å². The molecule has 0 atom stereocenters. The summed E-state index contributed by atoms with van der Waals surface area (Å²) in [5.74, 6) is 0. The Bertz CT molecular complexity index is 2240. The lowest BCUT2D eigenvalue weighted by molar-refractivity contribution is 1.41. The maximum absolute atomic E-state index is 2.41. The van der Waals surface area contributed by atoms with Gasteiger partial charge in [0.1, 0.15) is 0 Å². The molecule has 0 spiro atoms. The number of rotatable bonds is 3. The molecule has 6 aromatic carbocycles. The van der Waals surface area contributed by atoms with E-state index in [4.69, 9.17) is 0 Å². The van der Waals surface area contributed by atoms with E-state index in [1.165, 1.54) is 84.9 Å². The van der Waals surface area contributed by atoms with E-state index in [1.54, 1.807) is 0 Å². The van der Waals surface area contributed by atoms with Crippen molar-refractivity contribution in [2.75, 3.05) is 0 Å². The summed E-state index contributed by atoms with van der Waals surface area (Å²) in [7, 11) is 0. The van der Waals surface area contributed by atoms with Gasteiger partial charge in [0, 0.05) is 40.3 Å². The predicted molar refractivity (Wildman–Crippen MR) is 178 cm³/mol. The molecule has 190 valence electrons. The highest BCUT2D eigenvalue weighted by atomic mass is 32.1. The van der Waals surface area contributed by atoms with Gasteiger partial charge >= 0.3 is 0 Å². The van der Waals surface area contributed by atoms with Gasteiger partial charge in [0.15, 0.2) is 0 Å². The zero-order chi connectivity index (χ0) is 26.8. The maximum Gasteiger partial charge on any atom is 0.0433 e. The third-order valence-corrected chi connectivity index (χ3v) is 10.6. The fraction of sp³-hybridized carbons (Fsp3) is 0.0526. The molecule has 0 unspecified atom stereocenters. The van der Waals surface area contributed by atoms with Gasteiger partial charge in [-0.3, -0.25) is 0 Å². The third-order valence-electron chi connectivity index (χ3n) is 8.26. The molecule has 2 heteroatoms. The van der Waals surface area contributed by atoms with Gasteiger partial charge in [-0.2, -0.15) is 0 Å². The van der Waals surface area contributed by atoms with Crippen LogP contribution in [0.1, 0.15) is 11.1 Å². The third kappa shape index (κ3) is 3.64. The van der Waals surface area contributed by atoms with Gasteiger partial charge in [0.05, 0.1) is 0 Å². The number of hydrogen-bond acceptors (Lipinski definition) is 2. The van der Waals surface area contributed by atoms with Crippen molar-refractivity contribution in [2.45, 2.75) is 13.8 Å². The van der Waals surface area contributed by atoms with E-state index in [1.807, 2.05) is 22.7 Å². The zero-order valence-corrected chi connectivity index (χ0v) is 24.0. The van der Waals surface area contributed by atoms with Crippen LogP contribution in [0.4, 0.5) is 0 Å². The standard InChI is InChI=1S/C38H26S2/c1-23-9-3-4-10-27(23)29-13-7-12-28(24(29)2)25-17-19-36-33(21-25)34-22-26(18-20-37(34)39-36)30-14-8-15-32-31-11-5-6-16-35(31)40-38(30)32/h3-22H,1-2H3. The van der Waals surface area contributed by atoms with Crippen molar-refractivity contribution in [1.29, 1.82) is 0 Å². The quantitative estimate of drug-likeness (QED) is 0.207. The Balaban J connectivity index is 1.30. The minimum absolute atomic E-state index is 1.28. The van der Waals surface area contributed by atoms with Gasteiger partial charge in [-0.25, -0.2) is 0 Å². The minimum atomic E-state index is 1.28. The van der Waals surface area contributed by atoms with Crippen molar-refractivity contribution in [1.82, 2.24) is 0 Å².